The van der Waals surface area contributed by atoms with Gasteiger partial charge in [-0.3, -0.25) is 4.79 Å². The molecule has 1 aromatic heterocycles. The van der Waals surface area contributed by atoms with Crippen molar-refractivity contribution in [1.82, 2.24) is 9.21 Å². The Kier molecular flexibility index (Phi) is 5.43. The van der Waals surface area contributed by atoms with Crippen LogP contribution in [0.15, 0.2) is 52.0 Å². The van der Waals surface area contributed by atoms with E-state index >= 15 is 0 Å². The highest BCUT2D eigenvalue weighted by atomic mass is 32.2. The van der Waals surface area contributed by atoms with Gasteiger partial charge in [0.1, 0.15) is 16.5 Å². The van der Waals surface area contributed by atoms with Crippen molar-refractivity contribution in [3.05, 3.63) is 54.2 Å². The topological polar surface area (TPSA) is 70.8 Å². The quantitative estimate of drug-likeness (QED) is 0.799. The van der Waals surface area contributed by atoms with E-state index in [0.29, 0.717) is 25.1 Å². The average Bonchev–Trinajstić information content (AvgIpc) is 3.14. The summed E-state index contributed by atoms with van der Waals surface area (Å²) in [7, 11) is -2.18. The molecular formula is C18H21FN2O4S. The van der Waals surface area contributed by atoms with E-state index in [1.807, 2.05) is 0 Å². The van der Waals surface area contributed by atoms with E-state index in [9.17, 15) is 17.6 Å². The number of benzene rings is 1. The van der Waals surface area contributed by atoms with Crippen LogP contribution in [0.5, 0.6) is 0 Å². The Balaban J connectivity index is 1.62. The van der Waals surface area contributed by atoms with E-state index in [4.69, 9.17) is 4.42 Å². The summed E-state index contributed by atoms with van der Waals surface area (Å²) in [6, 6.07) is 8.91. The Morgan fingerprint density at radius 1 is 1.23 bits per heavy atom. The van der Waals surface area contributed by atoms with Gasteiger partial charge in [0.15, 0.2) is 0 Å². The van der Waals surface area contributed by atoms with Gasteiger partial charge in [-0.1, -0.05) is 12.1 Å². The Bertz CT molecular complexity index is 859. The van der Waals surface area contributed by atoms with Crippen LogP contribution >= 0.6 is 0 Å². The van der Waals surface area contributed by atoms with Crippen LogP contribution in [0.1, 0.15) is 18.6 Å². The fourth-order valence-corrected chi connectivity index (χ4v) is 4.70. The molecule has 1 aromatic carbocycles. The molecule has 1 amide bonds. The van der Waals surface area contributed by atoms with E-state index in [-0.39, 0.29) is 29.8 Å². The summed E-state index contributed by atoms with van der Waals surface area (Å²) >= 11 is 0. The number of hydrogen-bond acceptors (Lipinski definition) is 4. The number of carbonyl (C=O) groups excluding carboxylic acids is 1. The van der Waals surface area contributed by atoms with Crippen molar-refractivity contribution < 1.29 is 22.0 Å². The number of halogens is 1. The molecule has 0 bridgehead atoms. The summed E-state index contributed by atoms with van der Waals surface area (Å²) in [6.07, 6.45) is 2.38. The van der Waals surface area contributed by atoms with E-state index in [1.165, 1.54) is 22.5 Å². The summed E-state index contributed by atoms with van der Waals surface area (Å²) in [6.45, 7) is 0.767. The Labute approximate surface area is 152 Å². The van der Waals surface area contributed by atoms with Crippen molar-refractivity contribution in [1.29, 1.82) is 0 Å². The summed E-state index contributed by atoms with van der Waals surface area (Å²) in [5.41, 5.74) is 0. The van der Waals surface area contributed by atoms with E-state index in [2.05, 4.69) is 0 Å². The van der Waals surface area contributed by atoms with Gasteiger partial charge in [-0.25, -0.2) is 12.8 Å². The lowest BCUT2D eigenvalue weighted by molar-refractivity contribution is -0.136. The third kappa shape index (κ3) is 3.81. The number of rotatable bonds is 5. The molecule has 0 atom stereocenters. The zero-order valence-corrected chi connectivity index (χ0v) is 15.3. The van der Waals surface area contributed by atoms with Crippen molar-refractivity contribution in [2.45, 2.75) is 24.3 Å². The van der Waals surface area contributed by atoms with Gasteiger partial charge in [-0.15, -0.1) is 0 Å². The Hall–Kier alpha value is -2.19. The predicted molar refractivity (Wildman–Crippen MR) is 93.1 cm³/mol. The number of nitrogens with zero attached hydrogens (tertiary/aromatic N) is 2. The van der Waals surface area contributed by atoms with Crippen LogP contribution in [0.25, 0.3) is 0 Å². The van der Waals surface area contributed by atoms with Gasteiger partial charge in [0.05, 0.1) is 12.8 Å². The van der Waals surface area contributed by atoms with Gasteiger partial charge in [0.25, 0.3) is 0 Å². The molecule has 0 unspecified atom stereocenters. The fraction of sp³-hybridized carbons (Fsp3) is 0.389. The maximum atomic E-state index is 13.9. The van der Waals surface area contributed by atoms with Crippen LogP contribution in [0.2, 0.25) is 0 Å². The molecule has 3 rings (SSSR count). The van der Waals surface area contributed by atoms with Crippen molar-refractivity contribution in [3.63, 3.8) is 0 Å². The SMILES string of the molecule is CN(Cc1ccco1)C(=O)C1CCN(S(=O)(=O)c2ccccc2F)CC1. The first-order chi connectivity index (χ1) is 12.4. The second-order valence-electron chi connectivity index (χ2n) is 6.38. The molecule has 6 nitrogen and oxygen atoms in total. The van der Waals surface area contributed by atoms with Gasteiger partial charge in [-0.2, -0.15) is 4.31 Å². The van der Waals surface area contributed by atoms with Crippen LogP contribution in [-0.2, 0) is 21.4 Å². The van der Waals surface area contributed by atoms with Gasteiger partial charge in [0.2, 0.25) is 15.9 Å². The number of furan rings is 1. The van der Waals surface area contributed by atoms with Crippen LogP contribution in [0.4, 0.5) is 4.39 Å². The lowest BCUT2D eigenvalue weighted by Crippen LogP contribution is -2.43. The molecule has 0 N–H and O–H groups in total. The minimum atomic E-state index is -3.88. The summed E-state index contributed by atoms with van der Waals surface area (Å²) in [5, 5.41) is 0. The van der Waals surface area contributed by atoms with Gasteiger partial charge in [0, 0.05) is 26.1 Å². The van der Waals surface area contributed by atoms with E-state index < -0.39 is 15.8 Å². The standard InChI is InChI=1S/C18H21FN2O4S/c1-20(13-15-5-4-12-25-15)18(22)14-8-10-21(11-9-14)26(23,24)17-7-3-2-6-16(17)19/h2-7,12,14H,8-11,13H2,1H3. The first-order valence-electron chi connectivity index (χ1n) is 8.41. The molecule has 0 saturated carbocycles. The number of piperidine rings is 1. The van der Waals surface area contributed by atoms with Crippen molar-refractivity contribution in [2.24, 2.45) is 5.92 Å². The largest absolute Gasteiger partial charge is 0.467 e. The van der Waals surface area contributed by atoms with Gasteiger partial charge < -0.3 is 9.32 Å². The van der Waals surface area contributed by atoms with Crippen LogP contribution in [0, 0.1) is 11.7 Å². The minimum Gasteiger partial charge on any atom is -0.467 e. The summed E-state index contributed by atoms with van der Waals surface area (Å²) in [4.78, 5) is 13.8. The zero-order chi connectivity index (χ0) is 18.7. The van der Waals surface area contributed by atoms with E-state index in [0.717, 1.165) is 6.07 Å². The molecule has 1 aliphatic rings. The maximum absolute atomic E-state index is 13.9. The fourth-order valence-electron chi connectivity index (χ4n) is 3.16. The van der Waals surface area contributed by atoms with Crippen molar-refractivity contribution in [2.75, 3.05) is 20.1 Å². The lowest BCUT2D eigenvalue weighted by atomic mass is 9.96. The second kappa shape index (κ2) is 7.59. The van der Waals surface area contributed by atoms with E-state index in [1.54, 1.807) is 30.3 Å². The lowest BCUT2D eigenvalue weighted by Gasteiger charge is -2.32. The first kappa shape index (κ1) is 18.6. The molecule has 0 spiro atoms. The zero-order valence-electron chi connectivity index (χ0n) is 14.5. The Morgan fingerprint density at radius 3 is 2.54 bits per heavy atom. The first-order valence-corrected chi connectivity index (χ1v) is 9.85. The molecule has 0 aliphatic carbocycles. The highest BCUT2D eigenvalue weighted by Gasteiger charge is 2.34. The molecule has 8 heteroatoms. The second-order valence-corrected chi connectivity index (χ2v) is 8.29. The molecule has 2 aromatic rings. The van der Waals surface area contributed by atoms with Crippen molar-refractivity contribution in [3.8, 4) is 0 Å². The number of sulfonamides is 1. The highest BCUT2D eigenvalue weighted by molar-refractivity contribution is 7.89. The molecule has 1 saturated heterocycles. The van der Waals surface area contributed by atoms with Crippen molar-refractivity contribution >= 4 is 15.9 Å². The highest BCUT2D eigenvalue weighted by Crippen LogP contribution is 2.26. The maximum Gasteiger partial charge on any atom is 0.245 e. The minimum absolute atomic E-state index is 0.0376. The average molecular weight is 380 g/mol. The molecule has 1 aliphatic heterocycles. The third-order valence-corrected chi connectivity index (χ3v) is 6.54. The van der Waals surface area contributed by atoms with Crippen LogP contribution in [0.3, 0.4) is 0 Å². The molecular weight excluding hydrogens is 359 g/mol. The summed E-state index contributed by atoms with van der Waals surface area (Å²) in [5.74, 6) is -0.351. The third-order valence-electron chi connectivity index (χ3n) is 4.61. The predicted octanol–water partition coefficient (Wildman–Crippen LogP) is 2.48. The number of carbonyl (C=O) groups is 1. The van der Waals surface area contributed by atoms with Crippen LogP contribution < -0.4 is 0 Å². The molecule has 1 fully saturated rings. The molecule has 140 valence electrons. The normalized spacial score (nSPS) is 16.5. The molecule has 0 radical (unpaired) electrons. The number of hydrogen-bond donors (Lipinski definition) is 0. The monoisotopic (exact) mass is 380 g/mol. The molecule has 2 heterocycles. The number of amides is 1. The van der Waals surface area contributed by atoms with Gasteiger partial charge >= 0.3 is 0 Å². The van der Waals surface area contributed by atoms with Gasteiger partial charge in [-0.05, 0) is 37.1 Å². The molecule has 26 heavy (non-hydrogen) atoms. The van der Waals surface area contributed by atoms with Crippen LogP contribution in [-0.4, -0.2) is 43.7 Å². The summed E-state index contributed by atoms with van der Waals surface area (Å²) < 4.78 is 45.6. The Morgan fingerprint density at radius 2 is 1.92 bits per heavy atom. The smallest absolute Gasteiger partial charge is 0.245 e.